The van der Waals surface area contributed by atoms with E-state index in [9.17, 15) is 5.26 Å². The second kappa shape index (κ2) is 13.9. The summed E-state index contributed by atoms with van der Waals surface area (Å²) in [5.41, 5.74) is 17.9. The molecule has 8 aromatic carbocycles. The first-order valence-electron chi connectivity index (χ1n) is 20.4. The molecule has 0 spiro atoms. The lowest BCUT2D eigenvalue weighted by Gasteiger charge is -2.22. The van der Waals surface area contributed by atoms with Gasteiger partial charge in [0.05, 0.1) is 34.1 Å². The fourth-order valence-corrected chi connectivity index (χ4v) is 9.19. The highest BCUT2D eigenvalue weighted by Gasteiger charge is 2.36. The first kappa shape index (κ1) is 35.3. The first-order valence-corrected chi connectivity index (χ1v) is 20.4. The minimum atomic E-state index is -0.156. The molecule has 11 rings (SSSR count). The predicted molar refractivity (Wildman–Crippen MR) is 246 cm³/mol. The van der Waals surface area contributed by atoms with Gasteiger partial charge < -0.3 is 4.57 Å². The fraction of sp³-hybridized carbons (Fsp3) is 0.0536. The molecule has 0 saturated heterocycles. The Morgan fingerprint density at radius 3 is 1.85 bits per heavy atom. The Bertz CT molecular complexity index is 3330. The maximum atomic E-state index is 9.96. The van der Waals surface area contributed by atoms with E-state index < -0.39 is 0 Å². The minimum Gasteiger partial charge on any atom is -0.309 e. The van der Waals surface area contributed by atoms with Crippen LogP contribution in [0.25, 0.3) is 94.8 Å². The van der Waals surface area contributed by atoms with Crippen molar-refractivity contribution in [1.29, 1.82) is 5.26 Å². The van der Waals surface area contributed by atoms with Crippen molar-refractivity contribution in [1.82, 2.24) is 14.5 Å². The van der Waals surface area contributed by atoms with Crippen LogP contribution in [-0.4, -0.2) is 14.5 Å². The molecule has 0 aliphatic heterocycles. The van der Waals surface area contributed by atoms with E-state index in [-0.39, 0.29) is 5.41 Å². The summed E-state index contributed by atoms with van der Waals surface area (Å²) in [4.78, 5) is 10.5. The van der Waals surface area contributed by atoms with Crippen molar-refractivity contribution in [3.63, 3.8) is 0 Å². The minimum absolute atomic E-state index is 0.156. The van der Waals surface area contributed by atoms with Crippen molar-refractivity contribution in [3.05, 3.63) is 211 Å². The van der Waals surface area contributed by atoms with E-state index in [0.717, 1.165) is 61.5 Å². The Hall–Kier alpha value is -7.87. The monoisotopic (exact) mass is 766 g/mol. The number of benzene rings is 8. The zero-order chi connectivity index (χ0) is 40.4. The number of fused-ring (bicyclic) bond motifs is 6. The van der Waals surface area contributed by atoms with Gasteiger partial charge in [-0.25, -0.2) is 9.97 Å². The normalized spacial score (nSPS) is 12.6. The summed E-state index contributed by atoms with van der Waals surface area (Å²) < 4.78 is 2.41. The third-order valence-electron chi connectivity index (χ3n) is 12.2. The van der Waals surface area contributed by atoms with Gasteiger partial charge in [-0.1, -0.05) is 153 Å². The molecule has 4 heteroatoms. The molecular weight excluding hydrogens is 729 g/mol. The summed E-state index contributed by atoms with van der Waals surface area (Å²) >= 11 is 0. The van der Waals surface area contributed by atoms with Crippen molar-refractivity contribution < 1.29 is 0 Å². The van der Waals surface area contributed by atoms with E-state index in [0.29, 0.717) is 11.4 Å². The van der Waals surface area contributed by atoms with Crippen LogP contribution in [0.15, 0.2) is 194 Å². The van der Waals surface area contributed by atoms with E-state index >= 15 is 0 Å². The molecule has 0 atom stereocenters. The molecule has 282 valence electrons. The molecule has 1 aliphatic rings. The van der Waals surface area contributed by atoms with Crippen LogP contribution in [0.4, 0.5) is 0 Å². The van der Waals surface area contributed by atoms with Crippen molar-refractivity contribution in [2.24, 2.45) is 0 Å². The topological polar surface area (TPSA) is 54.5 Å². The average Bonchev–Trinajstić information content (AvgIpc) is 3.76. The van der Waals surface area contributed by atoms with E-state index in [1.54, 1.807) is 0 Å². The van der Waals surface area contributed by atoms with Gasteiger partial charge in [-0.3, -0.25) is 0 Å². The average molecular weight is 767 g/mol. The summed E-state index contributed by atoms with van der Waals surface area (Å²) in [5, 5.41) is 12.4. The van der Waals surface area contributed by atoms with Crippen molar-refractivity contribution in [2.75, 3.05) is 0 Å². The van der Waals surface area contributed by atoms with Crippen LogP contribution in [0.1, 0.15) is 30.5 Å². The van der Waals surface area contributed by atoms with Gasteiger partial charge in [0, 0.05) is 38.6 Å². The van der Waals surface area contributed by atoms with Crippen LogP contribution in [0, 0.1) is 11.3 Å². The molecule has 2 aromatic heterocycles. The summed E-state index contributed by atoms with van der Waals surface area (Å²) in [6, 6.07) is 70.6. The quantitative estimate of drug-likeness (QED) is 0.169. The molecule has 0 fully saturated rings. The summed E-state index contributed by atoms with van der Waals surface area (Å²) in [7, 11) is 0. The van der Waals surface area contributed by atoms with Gasteiger partial charge in [-0.05, 0) is 99.1 Å². The van der Waals surface area contributed by atoms with E-state index in [4.69, 9.17) is 9.97 Å². The van der Waals surface area contributed by atoms with Gasteiger partial charge in [0.15, 0.2) is 5.82 Å². The molecule has 0 N–H and O–H groups in total. The van der Waals surface area contributed by atoms with Gasteiger partial charge >= 0.3 is 0 Å². The zero-order valence-corrected chi connectivity index (χ0v) is 33.3. The van der Waals surface area contributed by atoms with Gasteiger partial charge in [-0.15, -0.1) is 0 Å². The Labute approximate surface area is 349 Å². The smallest absolute Gasteiger partial charge is 0.160 e. The third kappa shape index (κ3) is 5.82. The molecule has 1 aliphatic carbocycles. The van der Waals surface area contributed by atoms with Crippen LogP contribution in [0.3, 0.4) is 0 Å². The standard InChI is InChI=1S/C56H38N4/c1-56(2)49-22-11-9-20-45(49)47-32-48-46-21-10-12-23-53(46)60(54(48)33-50(47)56)44-30-42(41-19-13-14-36(28-41)35-57)29-43(31-44)52-34-51(58-55(59-52)40-17-7-4-8-18-40)39-26-24-38(25-27-39)37-15-5-3-6-16-37/h3-34H,1-2H3. The number of nitriles is 1. The van der Waals surface area contributed by atoms with Crippen LogP contribution < -0.4 is 0 Å². The largest absolute Gasteiger partial charge is 0.309 e. The van der Waals surface area contributed by atoms with Gasteiger partial charge in [0.2, 0.25) is 0 Å². The molecule has 60 heavy (non-hydrogen) atoms. The SMILES string of the molecule is CC1(C)c2ccccc2-c2cc3c4ccccc4n(-c4cc(-c5cccc(C#N)c5)cc(-c5cc(-c6ccc(-c7ccccc7)cc6)nc(-c6ccccc6)n5)c4)c3cc21. The maximum Gasteiger partial charge on any atom is 0.160 e. The second-order valence-corrected chi connectivity index (χ2v) is 16.2. The number of aromatic nitrogens is 3. The van der Waals surface area contributed by atoms with Crippen molar-refractivity contribution in [2.45, 2.75) is 19.3 Å². The Morgan fingerprint density at radius 2 is 1.07 bits per heavy atom. The fourth-order valence-electron chi connectivity index (χ4n) is 9.19. The molecule has 10 aromatic rings. The van der Waals surface area contributed by atoms with E-state index in [1.165, 1.54) is 38.6 Å². The predicted octanol–water partition coefficient (Wildman–Crippen LogP) is 14.1. The summed E-state index contributed by atoms with van der Waals surface area (Å²) in [6.45, 7) is 4.67. The van der Waals surface area contributed by atoms with E-state index in [1.807, 2.05) is 42.5 Å². The highest BCUT2D eigenvalue weighted by atomic mass is 15.0. The van der Waals surface area contributed by atoms with Crippen molar-refractivity contribution >= 4 is 21.8 Å². The third-order valence-corrected chi connectivity index (χ3v) is 12.2. The number of nitrogens with zero attached hydrogens (tertiary/aromatic N) is 4. The van der Waals surface area contributed by atoms with Gasteiger partial charge in [-0.2, -0.15) is 5.26 Å². The molecule has 0 radical (unpaired) electrons. The molecule has 2 heterocycles. The molecule has 0 unspecified atom stereocenters. The number of hydrogen-bond acceptors (Lipinski definition) is 3. The lowest BCUT2D eigenvalue weighted by atomic mass is 9.82. The first-order chi connectivity index (χ1) is 29.4. The summed E-state index contributed by atoms with van der Waals surface area (Å²) in [6.07, 6.45) is 0. The highest BCUT2D eigenvalue weighted by molar-refractivity contribution is 6.12. The van der Waals surface area contributed by atoms with Crippen LogP contribution in [0.5, 0.6) is 0 Å². The molecule has 0 saturated carbocycles. The Balaban J connectivity index is 1.16. The second-order valence-electron chi connectivity index (χ2n) is 16.2. The molecule has 0 bridgehead atoms. The lowest BCUT2D eigenvalue weighted by Crippen LogP contribution is -2.15. The van der Waals surface area contributed by atoms with Crippen LogP contribution in [-0.2, 0) is 5.41 Å². The molecule has 0 amide bonds. The van der Waals surface area contributed by atoms with Crippen LogP contribution in [0.2, 0.25) is 0 Å². The number of hydrogen-bond donors (Lipinski definition) is 0. The van der Waals surface area contributed by atoms with Crippen molar-refractivity contribution in [3.8, 4) is 79.0 Å². The van der Waals surface area contributed by atoms with E-state index in [2.05, 4.69) is 176 Å². The summed E-state index contributed by atoms with van der Waals surface area (Å²) in [5.74, 6) is 0.655. The molecule has 4 nitrogen and oxygen atoms in total. The van der Waals surface area contributed by atoms with Gasteiger partial charge in [0.25, 0.3) is 0 Å². The number of rotatable bonds is 6. The lowest BCUT2D eigenvalue weighted by molar-refractivity contribution is 0.661. The van der Waals surface area contributed by atoms with Gasteiger partial charge in [0.1, 0.15) is 0 Å². The zero-order valence-electron chi connectivity index (χ0n) is 33.3. The number of para-hydroxylation sites is 1. The maximum absolute atomic E-state index is 9.96. The molecular formula is C56H38N4. The Morgan fingerprint density at radius 1 is 0.433 bits per heavy atom. The highest BCUT2D eigenvalue weighted by Crippen LogP contribution is 2.51. The van der Waals surface area contributed by atoms with Crippen LogP contribution >= 0.6 is 0 Å². The Kier molecular flexibility index (Phi) is 8.18.